The zero-order valence-corrected chi connectivity index (χ0v) is 17.1. The lowest BCUT2D eigenvalue weighted by atomic mass is 10.1. The van der Waals surface area contributed by atoms with Gasteiger partial charge < -0.3 is 20.5 Å². The summed E-state index contributed by atoms with van der Waals surface area (Å²) in [5.41, 5.74) is 8.01. The van der Waals surface area contributed by atoms with Gasteiger partial charge in [0.25, 0.3) is 11.8 Å². The number of nitrogens with one attached hydrogen (secondary N) is 1. The number of methoxy groups -OCH3 is 1. The minimum Gasteiger partial charge on any atom is -0.497 e. The highest BCUT2D eigenvalue weighted by atomic mass is 32.1. The number of hydrogen-bond donors (Lipinski definition) is 2. The standard InChI is InChI=1S/C21H26N2O4S/c1-13(27-12-14-7-6-8-15(11-14)26-2)20(25)23-21-18(19(22)24)16-9-4-3-5-10-17(16)28-21/h6-8,11,13H,3-5,9-10,12H2,1-2H3,(H2,22,24)(H,23,25). The van der Waals surface area contributed by atoms with Gasteiger partial charge in [0.1, 0.15) is 16.9 Å². The van der Waals surface area contributed by atoms with Crippen LogP contribution in [0.1, 0.15) is 52.5 Å². The van der Waals surface area contributed by atoms with E-state index in [4.69, 9.17) is 15.2 Å². The number of fused-ring (bicyclic) bond motifs is 1. The van der Waals surface area contributed by atoms with E-state index in [0.29, 0.717) is 10.6 Å². The summed E-state index contributed by atoms with van der Waals surface area (Å²) in [4.78, 5) is 25.8. The van der Waals surface area contributed by atoms with Gasteiger partial charge in [-0.3, -0.25) is 9.59 Å². The quantitative estimate of drug-likeness (QED) is 0.692. The van der Waals surface area contributed by atoms with Crippen LogP contribution in [-0.2, 0) is 29.0 Å². The van der Waals surface area contributed by atoms with Crippen LogP contribution in [0.3, 0.4) is 0 Å². The Bertz CT molecular complexity index is 862. The summed E-state index contributed by atoms with van der Waals surface area (Å²) < 4.78 is 10.9. The molecule has 0 bridgehead atoms. The number of benzene rings is 1. The lowest BCUT2D eigenvalue weighted by Crippen LogP contribution is -2.28. The topological polar surface area (TPSA) is 90.7 Å². The van der Waals surface area contributed by atoms with Gasteiger partial charge in [0.15, 0.2) is 0 Å². The second-order valence-electron chi connectivity index (χ2n) is 6.93. The zero-order chi connectivity index (χ0) is 20.1. The molecular formula is C21H26N2O4S. The molecule has 1 atom stereocenters. The first-order chi connectivity index (χ1) is 13.5. The summed E-state index contributed by atoms with van der Waals surface area (Å²) in [6.45, 7) is 1.98. The van der Waals surface area contributed by atoms with Gasteiger partial charge in [-0.1, -0.05) is 18.6 Å². The van der Waals surface area contributed by atoms with Crippen molar-refractivity contribution in [1.82, 2.24) is 0 Å². The Hall–Kier alpha value is -2.38. The zero-order valence-electron chi connectivity index (χ0n) is 16.2. The molecule has 1 aliphatic rings. The molecule has 3 rings (SSSR count). The molecule has 0 spiro atoms. The third kappa shape index (κ3) is 4.72. The fraction of sp³-hybridized carbons (Fsp3) is 0.429. The highest BCUT2D eigenvalue weighted by Crippen LogP contribution is 2.37. The second-order valence-corrected chi connectivity index (χ2v) is 8.03. The molecule has 28 heavy (non-hydrogen) atoms. The van der Waals surface area contributed by atoms with E-state index < -0.39 is 12.0 Å². The number of carbonyl (C=O) groups is 2. The SMILES string of the molecule is COc1cccc(COC(C)C(=O)Nc2sc3c(c2C(N)=O)CCCCC3)c1. The van der Waals surface area contributed by atoms with Crippen LogP contribution in [0, 0.1) is 0 Å². The smallest absolute Gasteiger partial charge is 0.253 e. The Morgan fingerprint density at radius 3 is 2.79 bits per heavy atom. The highest BCUT2D eigenvalue weighted by molar-refractivity contribution is 7.17. The van der Waals surface area contributed by atoms with Crippen molar-refractivity contribution in [3.05, 3.63) is 45.8 Å². The molecule has 0 aliphatic heterocycles. The Labute approximate surface area is 169 Å². The number of carbonyl (C=O) groups excluding carboxylic acids is 2. The van der Waals surface area contributed by atoms with Crippen molar-refractivity contribution in [2.24, 2.45) is 5.73 Å². The molecule has 7 heteroatoms. The van der Waals surface area contributed by atoms with Gasteiger partial charge >= 0.3 is 0 Å². The van der Waals surface area contributed by atoms with Crippen LogP contribution in [0.5, 0.6) is 5.75 Å². The van der Waals surface area contributed by atoms with Crippen LogP contribution in [0.4, 0.5) is 5.00 Å². The van der Waals surface area contributed by atoms with Gasteiger partial charge in [0, 0.05) is 4.88 Å². The number of aryl methyl sites for hydroxylation is 1. The number of anilines is 1. The molecule has 150 valence electrons. The predicted octanol–water partition coefficient (Wildman–Crippen LogP) is 3.67. The van der Waals surface area contributed by atoms with E-state index in [2.05, 4.69) is 5.32 Å². The average molecular weight is 403 g/mol. The van der Waals surface area contributed by atoms with E-state index in [1.165, 1.54) is 11.3 Å². The molecule has 1 aromatic carbocycles. The van der Waals surface area contributed by atoms with Gasteiger partial charge in [-0.2, -0.15) is 0 Å². The van der Waals surface area contributed by atoms with Crippen molar-refractivity contribution in [2.45, 2.75) is 51.7 Å². The average Bonchev–Trinajstić information content (AvgIpc) is 2.87. The molecular weight excluding hydrogens is 376 g/mol. The fourth-order valence-corrected chi connectivity index (χ4v) is 4.66. The maximum atomic E-state index is 12.6. The van der Waals surface area contributed by atoms with Crippen LogP contribution >= 0.6 is 11.3 Å². The molecule has 2 aromatic rings. The van der Waals surface area contributed by atoms with E-state index in [1.54, 1.807) is 14.0 Å². The van der Waals surface area contributed by atoms with Gasteiger partial charge in [-0.25, -0.2) is 0 Å². The van der Waals surface area contributed by atoms with Crippen LogP contribution < -0.4 is 15.8 Å². The molecule has 0 fully saturated rings. The number of thiophene rings is 1. The van der Waals surface area contributed by atoms with E-state index in [0.717, 1.165) is 53.9 Å². The van der Waals surface area contributed by atoms with Crippen molar-refractivity contribution in [3.63, 3.8) is 0 Å². The normalized spacial score (nSPS) is 14.6. The summed E-state index contributed by atoms with van der Waals surface area (Å²) in [6, 6.07) is 7.51. The third-order valence-electron chi connectivity index (χ3n) is 4.91. The molecule has 1 aliphatic carbocycles. The van der Waals surface area contributed by atoms with Gasteiger partial charge in [-0.05, 0) is 55.9 Å². The molecule has 6 nitrogen and oxygen atoms in total. The minimum absolute atomic E-state index is 0.287. The largest absolute Gasteiger partial charge is 0.497 e. The van der Waals surface area contributed by atoms with Gasteiger partial charge in [0.05, 0.1) is 19.3 Å². The van der Waals surface area contributed by atoms with Crippen molar-refractivity contribution in [1.29, 1.82) is 0 Å². The highest BCUT2D eigenvalue weighted by Gasteiger charge is 2.25. The van der Waals surface area contributed by atoms with E-state index in [-0.39, 0.29) is 12.5 Å². The van der Waals surface area contributed by atoms with Crippen molar-refractivity contribution in [2.75, 3.05) is 12.4 Å². The monoisotopic (exact) mass is 402 g/mol. The van der Waals surface area contributed by atoms with Crippen LogP contribution in [-0.4, -0.2) is 25.0 Å². The van der Waals surface area contributed by atoms with Gasteiger partial charge in [0.2, 0.25) is 0 Å². The summed E-state index contributed by atoms with van der Waals surface area (Å²) in [7, 11) is 1.61. The first-order valence-electron chi connectivity index (χ1n) is 9.49. The Balaban J connectivity index is 1.67. The first kappa shape index (κ1) is 20.4. The first-order valence-corrected chi connectivity index (χ1v) is 10.3. The van der Waals surface area contributed by atoms with Crippen molar-refractivity contribution >= 4 is 28.2 Å². The number of primary amides is 1. The summed E-state index contributed by atoms with van der Waals surface area (Å²) in [5, 5.41) is 3.40. The molecule has 1 aromatic heterocycles. The Morgan fingerprint density at radius 2 is 2.04 bits per heavy atom. The van der Waals surface area contributed by atoms with E-state index >= 15 is 0 Å². The fourth-order valence-electron chi connectivity index (χ4n) is 3.36. The number of ether oxygens (including phenoxy) is 2. The van der Waals surface area contributed by atoms with Crippen molar-refractivity contribution < 1.29 is 19.1 Å². The molecule has 1 unspecified atom stereocenters. The summed E-state index contributed by atoms with van der Waals surface area (Å²) >= 11 is 1.46. The van der Waals surface area contributed by atoms with E-state index in [1.807, 2.05) is 24.3 Å². The number of rotatable bonds is 7. The van der Waals surface area contributed by atoms with Crippen molar-refractivity contribution in [3.8, 4) is 5.75 Å². The number of nitrogens with two attached hydrogens (primary N) is 1. The van der Waals surface area contributed by atoms with Crippen LogP contribution in [0.15, 0.2) is 24.3 Å². The maximum Gasteiger partial charge on any atom is 0.253 e. The van der Waals surface area contributed by atoms with E-state index in [9.17, 15) is 9.59 Å². The Morgan fingerprint density at radius 1 is 1.25 bits per heavy atom. The predicted molar refractivity (Wildman–Crippen MR) is 110 cm³/mol. The number of amides is 2. The molecule has 2 amide bonds. The van der Waals surface area contributed by atoms with Crippen LogP contribution in [0.25, 0.3) is 0 Å². The summed E-state index contributed by atoms with van der Waals surface area (Å²) in [6.07, 6.45) is 4.38. The lowest BCUT2D eigenvalue weighted by molar-refractivity contribution is -0.127. The number of hydrogen-bond acceptors (Lipinski definition) is 5. The lowest BCUT2D eigenvalue weighted by Gasteiger charge is -2.14. The molecule has 3 N–H and O–H groups in total. The molecule has 0 radical (unpaired) electrons. The summed E-state index contributed by atoms with van der Waals surface area (Å²) in [5.74, 6) is -0.0363. The molecule has 1 heterocycles. The Kier molecular flexibility index (Phi) is 6.70. The van der Waals surface area contributed by atoms with Crippen LogP contribution in [0.2, 0.25) is 0 Å². The van der Waals surface area contributed by atoms with Gasteiger partial charge in [-0.15, -0.1) is 11.3 Å². The second kappa shape index (κ2) is 9.21. The third-order valence-corrected chi connectivity index (χ3v) is 6.12. The maximum absolute atomic E-state index is 12.6. The minimum atomic E-state index is -0.672. The molecule has 0 saturated carbocycles. The molecule has 0 saturated heterocycles.